The van der Waals surface area contributed by atoms with E-state index >= 15 is 0 Å². The van der Waals surface area contributed by atoms with Crippen LogP contribution in [0.25, 0.3) is 87.7 Å². The van der Waals surface area contributed by atoms with Crippen LogP contribution < -0.4 is 4.74 Å². The van der Waals surface area contributed by atoms with Gasteiger partial charge in [-0.25, -0.2) is 0 Å². The summed E-state index contributed by atoms with van der Waals surface area (Å²) >= 11 is 0. The zero-order valence-corrected chi connectivity index (χ0v) is 27.5. The molecular weight excluding hydrogens is 772 g/mol. The molecule has 0 aliphatic carbocycles. The number of hydrogen-bond donors (Lipinski definition) is 0. The molecule has 0 amide bonds. The van der Waals surface area contributed by atoms with Crippen LogP contribution >= 0.6 is 0 Å². The normalized spacial score (nSPS) is 12.0. The molecule has 0 atom stereocenters. The number of fused-ring (bicyclic) bond motifs is 14. The van der Waals surface area contributed by atoms with Gasteiger partial charge in [0, 0.05) is 39.3 Å². The van der Waals surface area contributed by atoms with Gasteiger partial charge in [-0.3, -0.25) is 4.98 Å². The number of benzene rings is 6. The smallest absolute Gasteiger partial charge is 0.494 e. The van der Waals surface area contributed by atoms with Crippen molar-refractivity contribution in [3.8, 4) is 22.8 Å². The molecule has 0 saturated carbocycles. The van der Waals surface area contributed by atoms with Gasteiger partial charge < -0.3 is 18.5 Å². The largest absolute Gasteiger partial charge is 2.00 e. The van der Waals surface area contributed by atoms with E-state index in [1.165, 1.54) is 21.7 Å². The molecule has 5 nitrogen and oxygen atoms in total. The van der Waals surface area contributed by atoms with E-state index in [0.717, 1.165) is 66.0 Å². The Morgan fingerprint density at radius 2 is 1.23 bits per heavy atom. The Morgan fingerprint density at radius 1 is 0.542 bits per heavy atom. The first-order chi connectivity index (χ1) is 23.3. The summed E-state index contributed by atoms with van der Waals surface area (Å²) in [6.45, 7) is 0. The maximum absolute atomic E-state index is 6.91. The van der Waals surface area contributed by atoms with Gasteiger partial charge in [0.1, 0.15) is 0 Å². The minimum Gasteiger partial charge on any atom is -0.494 e. The Morgan fingerprint density at radius 3 is 2.04 bits per heavy atom. The SMILES string of the molecule is [Pt+2].[c-]1c(-c2ccccn2)cc2c3cccc4c5ccccc5n(c2c1Oc1[c-]c2c(cc1)c1ccccc1n1c5ccccc5nc21)c43. The van der Waals surface area contributed by atoms with Crippen molar-refractivity contribution in [2.45, 2.75) is 0 Å². The summed E-state index contributed by atoms with van der Waals surface area (Å²) in [4.78, 5) is 9.76. The molecule has 0 aliphatic rings. The van der Waals surface area contributed by atoms with Crippen molar-refractivity contribution in [3.05, 3.63) is 146 Å². The molecular formula is C42H22N4OPt. The average molecular weight is 794 g/mol. The van der Waals surface area contributed by atoms with Crippen LogP contribution in [0.4, 0.5) is 0 Å². The van der Waals surface area contributed by atoms with E-state index in [1.807, 2.05) is 36.5 Å². The standard InChI is InChI=1S/C42H22N4O.Pt/c1-4-16-36-28(10-1)27-20-19-26(24-33(27)42-44-35-15-3-6-18-38(35)45(36)42)47-39-23-25(34-14-7-8-21-43-34)22-32-31-13-9-12-30-29-11-2-5-17-37(29)46(40(30)31)41(32)39;/h1-22H;/q-2;+2. The van der Waals surface area contributed by atoms with Crippen LogP contribution in [-0.2, 0) is 21.1 Å². The van der Waals surface area contributed by atoms with Crippen molar-refractivity contribution in [2.75, 3.05) is 0 Å². The molecule has 48 heavy (non-hydrogen) atoms. The summed E-state index contributed by atoms with van der Waals surface area (Å²) in [7, 11) is 0. The van der Waals surface area contributed by atoms with Gasteiger partial charge in [-0.1, -0.05) is 113 Å². The Balaban J connectivity index is 0.00000295. The number of pyridine rings is 2. The van der Waals surface area contributed by atoms with E-state index in [9.17, 15) is 0 Å². The van der Waals surface area contributed by atoms with Crippen molar-refractivity contribution in [2.24, 2.45) is 0 Å². The van der Waals surface area contributed by atoms with E-state index in [2.05, 4.69) is 123 Å². The maximum Gasteiger partial charge on any atom is 2.00 e. The zero-order chi connectivity index (χ0) is 30.6. The molecule has 0 radical (unpaired) electrons. The number of aromatic nitrogens is 4. The van der Waals surface area contributed by atoms with E-state index in [1.54, 1.807) is 0 Å². The molecule has 6 heteroatoms. The molecule has 0 N–H and O–H groups in total. The van der Waals surface area contributed by atoms with Gasteiger partial charge in [-0.05, 0) is 46.8 Å². The summed E-state index contributed by atoms with van der Waals surface area (Å²) in [5.74, 6) is 1.23. The van der Waals surface area contributed by atoms with Crippen LogP contribution in [-0.4, -0.2) is 18.8 Å². The van der Waals surface area contributed by atoms with Crippen molar-refractivity contribution < 1.29 is 25.8 Å². The Hall–Kier alpha value is -5.77. The van der Waals surface area contributed by atoms with Gasteiger partial charge in [0.2, 0.25) is 0 Å². The second-order valence-electron chi connectivity index (χ2n) is 12.0. The number of ether oxygens (including phenoxy) is 1. The summed E-state index contributed by atoms with van der Waals surface area (Å²) in [5.41, 5.74) is 8.98. The van der Waals surface area contributed by atoms with E-state index in [-0.39, 0.29) is 21.1 Å². The van der Waals surface area contributed by atoms with Gasteiger partial charge >= 0.3 is 21.1 Å². The van der Waals surface area contributed by atoms with Crippen molar-refractivity contribution in [1.82, 2.24) is 18.8 Å². The second-order valence-corrected chi connectivity index (χ2v) is 12.0. The molecule has 11 aromatic rings. The van der Waals surface area contributed by atoms with Crippen LogP contribution in [0.3, 0.4) is 0 Å². The Labute approximate surface area is 288 Å². The molecule has 0 spiro atoms. The first-order valence-electron chi connectivity index (χ1n) is 15.7. The molecule has 0 saturated heterocycles. The molecule has 5 heterocycles. The number of rotatable bonds is 3. The van der Waals surface area contributed by atoms with Gasteiger partial charge in [-0.15, -0.1) is 17.7 Å². The third kappa shape index (κ3) is 3.65. The molecule has 11 rings (SSSR count). The molecule has 6 aromatic carbocycles. The topological polar surface area (TPSA) is 43.8 Å². The number of imidazole rings is 1. The third-order valence-electron chi connectivity index (χ3n) is 9.51. The molecule has 0 aliphatic heterocycles. The molecule has 0 bridgehead atoms. The number of nitrogens with zero attached hydrogens (tertiary/aromatic N) is 4. The summed E-state index contributed by atoms with van der Waals surface area (Å²) in [6.07, 6.45) is 1.82. The van der Waals surface area contributed by atoms with Crippen LogP contribution in [0.1, 0.15) is 0 Å². The van der Waals surface area contributed by atoms with Gasteiger partial charge in [-0.2, -0.15) is 0 Å². The fraction of sp³-hybridized carbons (Fsp3) is 0. The minimum atomic E-state index is 0. The molecule has 5 aromatic heterocycles. The monoisotopic (exact) mass is 793 g/mol. The molecule has 0 unspecified atom stereocenters. The van der Waals surface area contributed by atoms with E-state index in [0.29, 0.717) is 11.5 Å². The first-order valence-corrected chi connectivity index (χ1v) is 15.7. The fourth-order valence-corrected chi connectivity index (χ4v) is 7.56. The van der Waals surface area contributed by atoms with E-state index in [4.69, 9.17) is 9.72 Å². The number of hydrogen-bond acceptors (Lipinski definition) is 3. The minimum absolute atomic E-state index is 0. The predicted octanol–water partition coefficient (Wildman–Crippen LogP) is 10.4. The van der Waals surface area contributed by atoms with Gasteiger partial charge in [0.05, 0.1) is 27.9 Å². The van der Waals surface area contributed by atoms with Crippen LogP contribution in [0.15, 0.2) is 134 Å². The Kier molecular flexibility index (Phi) is 5.76. The zero-order valence-electron chi connectivity index (χ0n) is 25.2. The maximum atomic E-state index is 6.91. The third-order valence-corrected chi connectivity index (χ3v) is 9.51. The van der Waals surface area contributed by atoms with Crippen LogP contribution in [0.2, 0.25) is 0 Å². The Bertz CT molecular complexity index is 3050. The molecule has 226 valence electrons. The first kappa shape index (κ1) is 27.4. The van der Waals surface area contributed by atoms with Crippen molar-refractivity contribution >= 4 is 76.5 Å². The van der Waals surface area contributed by atoms with Crippen molar-refractivity contribution in [1.29, 1.82) is 0 Å². The second kappa shape index (κ2) is 10.1. The summed E-state index contributed by atoms with van der Waals surface area (Å²) in [5, 5.41) is 7.83. The van der Waals surface area contributed by atoms with E-state index < -0.39 is 0 Å². The van der Waals surface area contributed by atoms with Crippen LogP contribution in [0, 0.1) is 12.1 Å². The summed E-state index contributed by atoms with van der Waals surface area (Å²) in [6, 6.07) is 51.4. The summed E-state index contributed by atoms with van der Waals surface area (Å²) < 4.78 is 11.5. The number of para-hydroxylation sites is 5. The molecule has 0 fully saturated rings. The van der Waals surface area contributed by atoms with Crippen LogP contribution in [0.5, 0.6) is 11.5 Å². The van der Waals surface area contributed by atoms with Gasteiger partial charge in [0.25, 0.3) is 0 Å². The quantitative estimate of drug-likeness (QED) is 0.132. The van der Waals surface area contributed by atoms with Crippen molar-refractivity contribution in [3.63, 3.8) is 0 Å². The fourth-order valence-electron chi connectivity index (χ4n) is 7.56. The predicted molar refractivity (Wildman–Crippen MR) is 190 cm³/mol. The average Bonchev–Trinajstić information content (AvgIpc) is 3.80. The van der Waals surface area contributed by atoms with Gasteiger partial charge in [0.15, 0.2) is 0 Å².